The molecule has 0 saturated heterocycles. The van der Waals surface area contributed by atoms with Gasteiger partial charge in [0.25, 0.3) is 0 Å². The number of hydrogen-bond donors (Lipinski definition) is 1. The van der Waals surface area contributed by atoms with Gasteiger partial charge in [0.2, 0.25) is 0 Å². The molecule has 0 aromatic heterocycles. The van der Waals surface area contributed by atoms with Gasteiger partial charge in [-0.2, -0.15) is 0 Å². The Morgan fingerprint density at radius 2 is 1.81 bits per heavy atom. The topological polar surface area (TPSA) is 29.1 Å². The number of nitrogens with one attached hydrogen (secondary N) is 1. The molecule has 0 spiro atoms. The van der Waals surface area contributed by atoms with Crippen LogP contribution in [-0.4, -0.2) is 5.78 Å². The van der Waals surface area contributed by atoms with E-state index < -0.39 is 0 Å². The van der Waals surface area contributed by atoms with Crippen molar-refractivity contribution in [1.82, 2.24) is 0 Å². The third-order valence-corrected chi connectivity index (χ3v) is 3.56. The molecule has 0 aliphatic heterocycles. The molecule has 2 aromatic carbocycles. The number of aryl methyl sites for hydroxylation is 1. The van der Waals surface area contributed by atoms with Gasteiger partial charge in [-0.3, -0.25) is 4.79 Å². The lowest BCUT2D eigenvalue weighted by atomic mass is 10.1. The Labute approximate surface area is 134 Å². The minimum absolute atomic E-state index is 0.0204. The lowest BCUT2D eigenvalue weighted by molar-refractivity contribution is 0.0993. The maximum absolute atomic E-state index is 12.1. The van der Waals surface area contributed by atoms with Gasteiger partial charge in [-0.05, 0) is 48.9 Å². The molecule has 4 heteroatoms. The number of hydrogen-bond acceptors (Lipinski definition) is 2. The molecule has 0 fully saturated rings. The highest BCUT2D eigenvalue weighted by molar-refractivity contribution is 6.33. The Morgan fingerprint density at radius 1 is 1.14 bits per heavy atom. The molecule has 1 N–H and O–H groups in total. The summed E-state index contributed by atoms with van der Waals surface area (Å²) in [4.78, 5) is 12.1. The highest BCUT2D eigenvalue weighted by Gasteiger charge is 2.09. The van der Waals surface area contributed by atoms with Crippen LogP contribution in [0.5, 0.6) is 0 Å². The van der Waals surface area contributed by atoms with Crippen LogP contribution >= 0.6 is 23.2 Å². The van der Waals surface area contributed by atoms with Gasteiger partial charge in [0.1, 0.15) is 0 Å². The van der Waals surface area contributed by atoms with Crippen molar-refractivity contribution in [1.29, 1.82) is 0 Å². The van der Waals surface area contributed by atoms with E-state index in [0.29, 0.717) is 21.3 Å². The number of benzene rings is 2. The third kappa shape index (κ3) is 4.35. The molecule has 0 unspecified atom stereocenters. The lowest BCUT2D eigenvalue weighted by Gasteiger charge is -2.11. The summed E-state index contributed by atoms with van der Waals surface area (Å²) in [5.41, 5.74) is 3.05. The van der Waals surface area contributed by atoms with Gasteiger partial charge in [-0.1, -0.05) is 35.8 Å². The largest absolute Gasteiger partial charge is 0.358 e. The first kappa shape index (κ1) is 15.6. The zero-order chi connectivity index (χ0) is 15.4. The summed E-state index contributed by atoms with van der Waals surface area (Å²) in [5, 5.41) is 4.29. The quantitative estimate of drug-likeness (QED) is 0.737. The number of allylic oxidation sites excluding steroid dienone is 1. The van der Waals surface area contributed by atoms with Crippen molar-refractivity contribution in [3.63, 3.8) is 0 Å². The van der Waals surface area contributed by atoms with Crippen LogP contribution in [0.2, 0.25) is 10.0 Å². The van der Waals surface area contributed by atoms with Crippen LogP contribution in [0.3, 0.4) is 0 Å². The number of halogens is 2. The van der Waals surface area contributed by atoms with Crippen LogP contribution < -0.4 is 5.32 Å². The van der Waals surface area contributed by atoms with Crippen molar-refractivity contribution in [2.24, 2.45) is 0 Å². The van der Waals surface area contributed by atoms with Crippen molar-refractivity contribution in [2.75, 3.05) is 5.32 Å². The summed E-state index contributed by atoms with van der Waals surface area (Å²) < 4.78 is 0. The first-order chi connectivity index (χ1) is 9.95. The minimum atomic E-state index is -0.0204. The zero-order valence-electron chi connectivity index (χ0n) is 11.6. The number of rotatable bonds is 5. The van der Waals surface area contributed by atoms with E-state index in [-0.39, 0.29) is 12.2 Å². The molecule has 0 radical (unpaired) electrons. The molecule has 0 bridgehead atoms. The van der Waals surface area contributed by atoms with E-state index in [1.54, 1.807) is 24.3 Å². The van der Waals surface area contributed by atoms with Crippen molar-refractivity contribution in [3.05, 3.63) is 75.9 Å². The Bertz CT molecular complexity index is 678. The molecule has 2 rings (SSSR count). The number of Topliss-reactive ketones (excluding diaryl/α,β-unsaturated/α-hetero) is 1. The summed E-state index contributed by atoms with van der Waals surface area (Å²) in [5.74, 6) is -0.0204. The van der Waals surface area contributed by atoms with E-state index >= 15 is 0 Å². The van der Waals surface area contributed by atoms with Crippen LogP contribution in [0.25, 0.3) is 0 Å². The van der Waals surface area contributed by atoms with Gasteiger partial charge < -0.3 is 5.32 Å². The predicted molar refractivity (Wildman–Crippen MR) is 89.4 cm³/mol. The van der Waals surface area contributed by atoms with E-state index in [2.05, 4.69) is 11.9 Å². The second kappa shape index (κ2) is 6.79. The normalized spacial score (nSPS) is 10.2. The van der Waals surface area contributed by atoms with Crippen molar-refractivity contribution >= 4 is 34.7 Å². The molecule has 0 aliphatic rings. The van der Waals surface area contributed by atoms with Crippen LogP contribution in [-0.2, 0) is 0 Å². The number of ketones is 1. The average Bonchev–Trinajstić information content (AvgIpc) is 2.43. The first-order valence-corrected chi connectivity index (χ1v) is 7.21. The fraction of sp³-hybridized carbons (Fsp3) is 0.118. The van der Waals surface area contributed by atoms with Gasteiger partial charge in [0, 0.05) is 16.3 Å². The second-order valence-corrected chi connectivity index (χ2v) is 5.66. The number of carbonyl (C=O) groups is 1. The van der Waals surface area contributed by atoms with E-state index in [1.807, 2.05) is 25.1 Å². The molecule has 0 aliphatic carbocycles. The van der Waals surface area contributed by atoms with Gasteiger partial charge in [-0.15, -0.1) is 0 Å². The van der Waals surface area contributed by atoms with Crippen LogP contribution in [0, 0.1) is 6.92 Å². The summed E-state index contributed by atoms with van der Waals surface area (Å²) in [7, 11) is 0. The molecule has 2 aromatic rings. The number of anilines is 1. The van der Waals surface area contributed by atoms with Crippen molar-refractivity contribution in [3.8, 4) is 0 Å². The third-order valence-electron chi connectivity index (χ3n) is 2.97. The SMILES string of the molecule is C=C(CC(=O)c1ccc(Cl)cc1)Nc1cc(C)ccc1Cl. The molecule has 0 saturated carbocycles. The monoisotopic (exact) mass is 319 g/mol. The highest BCUT2D eigenvalue weighted by Crippen LogP contribution is 2.24. The van der Waals surface area contributed by atoms with Gasteiger partial charge in [0.15, 0.2) is 5.78 Å². The van der Waals surface area contributed by atoms with Gasteiger partial charge in [-0.25, -0.2) is 0 Å². The van der Waals surface area contributed by atoms with Crippen molar-refractivity contribution in [2.45, 2.75) is 13.3 Å². The van der Waals surface area contributed by atoms with Crippen molar-refractivity contribution < 1.29 is 4.79 Å². The Kier molecular flexibility index (Phi) is 5.05. The second-order valence-electron chi connectivity index (χ2n) is 4.82. The number of carbonyl (C=O) groups excluding carboxylic acids is 1. The molecule has 2 nitrogen and oxygen atoms in total. The molecule has 0 atom stereocenters. The Balaban J connectivity index is 2.03. The molecule has 108 valence electrons. The summed E-state index contributed by atoms with van der Waals surface area (Å²) in [6.45, 7) is 5.86. The van der Waals surface area contributed by atoms with Gasteiger partial charge in [0.05, 0.1) is 17.1 Å². The predicted octanol–water partition coefficient (Wildman–Crippen LogP) is 5.50. The van der Waals surface area contributed by atoms with Crippen LogP contribution in [0.15, 0.2) is 54.7 Å². The van der Waals surface area contributed by atoms with E-state index in [9.17, 15) is 4.79 Å². The van der Waals surface area contributed by atoms with Crippen LogP contribution in [0.4, 0.5) is 5.69 Å². The average molecular weight is 320 g/mol. The maximum atomic E-state index is 12.1. The Hall–Kier alpha value is -1.77. The van der Waals surface area contributed by atoms with E-state index in [4.69, 9.17) is 23.2 Å². The first-order valence-electron chi connectivity index (χ1n) is 6.45. The smallest absolute Gasteiger partial charge is 0.168 e. The fourth-order valence-corrected chi connectivity index (χ4v) is 2.19. The minimum Gasteiger partial charge on any atom is -0.358 e. The molecule has 21 heavy (non-hydrogen) atoms. The van der Waals surface area contributed by atoms with E-state index in [1.165, 1.54) is 0 Å². The molecule has 0 amide bonds. The van der Waals surface area contributed by atoms with E-state index in [0.717, 1.165) is 11.3 Å². The van der Waals surface area contributed by atoms with Crippen LogP contribution in [0.1, 0.15) is 22.3 Å². The zero-order valence-corrected chi connectivity index (χ0v) is 13.1. The lowest BCUT2D eigenvalue weighted by Crippen LogP contribution is -2.06. The maximum Gasteiger partial charge on any atom is 0.168 e. The molecular weight excluding hydrogens is 305 g/mol. The molecule has 0 heterocycles. The summed E-state index contributed by atoms with van der Waals surface area (Å²) in [6.07, 6.45) is 0.200. The summed E-state index contributed by atoms with van der Waals surface area (Å²) >= 11 is 11.9. The highest BCUT2D eigenvalue weighted by atomic mass is 35.5. The summed E-state index contributed by atoms with van der Waals surface area (Å²) in [6, 6.07) is 12.5. The Morgan fingerprint density at radius 3 is 2.48 bits per heavy atom. The fourth-order valence-electron chi connectivity index (χ4n) is 1.90. The molecular formula is C17H15Cl2NO. The van der Waals surface area contributed by atoms with Gasteiger partial charge >= 0.3 is 0 Å². The standard InChI is InChI=1S/C17H15Cl2NO/c1-11-3-8-15(19)16(9-11)20-12(2)10-17(21)13-4-6-14(18)7-5-13/h3-9,20H,2,10H2,1H3.